The van der Waals surface area contributed by atoms with Gasteiger partial charge < -0.3 is 11.1 Å². The molecule has 1 aromatic rings. The molecule has 1 rings (SSSR count). The van der Waals surface area contributed by atoms with E-state index in [2.05, 4.69) is 42.6 Å². The average Bonchev–Trinajstić information content (AvgIpc) is 2.79. The Morgan fingerprint density at radius 3 is 2.82 bits per heavy atom. The van der Waals surface area contributed by atoms with Crippen molar-refractivity contribution in [2.45, 2.75) is 39.3 Å². The van der Waals surface area contributed by atoms with Crippen molar-refractivity contribution in [2.75, 3.05) is 13.1 Å². The van der Waals surface area contributed by atoms with Crippen LogP contribution in [-0.4, -0.2) is 22.9 Å². The Bertz CT molecular complexity index is 341. The zero-order valence-corrected chi connectivity index (χ0v) is 11.1. The summed E-state index contributed by atoms with van der Waals surface area (Å²) in [5.41, 5.74) is 6.96. The zero-order valence-electron chi connectivity index (χ0n) is 11.1. The summed E-state index contributed by atoms with van der Waals surface area (Å²) in [5, 5.41) is 7.78. The average molecular weight is 236 g/mol. The second kappa shape index (κ2) is 7.25. The highest BCUT2D eigenvalue weighted by Crippen LogP contribution is 2.13. The number of nitrogens with one attached hydrogen (secondary N) is 1. The Kier molecular flexibility index (Phi) is 5.94. The second-order valence-electron chi connectivity index (χ2n) is 4.45. The van der Waals surface area contributed by atoms with Gasteiger partial charge in [0.25, 0.3) is 0 Å². The summed E-state index contributed by atoms with van der Waals surface area (Å²) in [6.07, 6.45) is 9.23. The zero-order chi connectivity index (χ0) is 12.7. The van der Waals surface area contributed by atoms with E-state index in [1.165, 1.54) is 5.56 Å². The van der Waals surface area contributed by atoms with E-state index in [1.54, 1.807) is 0 Å². The topological polar surface area (TPSA) is 55.9 Å². The van der Waals surface area contributed by atoms with Crippen LogP contribution >= 0.6 is 0 Å². The molecule has 0 aliphatic rings. The van der Waals surface area contributed by atoms with Gasteiger partial charge in [-0.1, -0.05) is 12.2 Å². The molecule has 0 aliphatic heterocycles. The fourth-order valence-electron chi connectivity index (χ4n) is 1.66. The van der Waals surface area contributed by atoms with E-state index in [4.69, 9.17) is 5.73 Å². The van der Waals surface area contributed by atoms with E-state index >= 15 is 0 Å². The summed E-state index contributed by atoms with van der Waals surface area (Å²) < 4.78 is 1.96. The van der Waals surface area contributed by atoms with E-state index in [-0.39, 0.29) is 6.04 Å². The minimum absolute atomic E-state index is 0.202. The van der Waals surface area contributed by atoms with Crippen LogP contribution in [0.2, 0.25) is 0 Å². The Labute approximate surface area is 104 Å². The van der Waals surface area contributed by atoms with E-state index in [9.17, 15) is 0 Å². The van der Waals surface area contributed by atoms with Crippen LogP contribution in [0.5, 0.6) is 0 Å². The van der Waals surface area contributed by atoms with Crippen molar-refractivity contribution in [3.63, 3.8) is 0 Å². The molecule has 17 heavy (non-hydrogen) atoms. The van der Waals surface area contributed by atoms with Crippen molar-refractivity contribution >= 4 is 0 Å². The Morgan fingerprint density at radius 2 is 2.29 bits per heavy atom. The first-order chi connectivity index (χ1) is 8.19. The molecule has 0 fully saturated rings. The van der Waals surface area contributed by atoms with Crippen LogP contribution in [0, 0.1) is 0 Å². The van der Waals surface area contributed by atoms with E-state index in [0.29, 0.717) is 12.6 Å². The Morgan fingerprint density at radius 1 is 1.53 bits per heavy atom. The normalized spacial score (nSPS) is 13.7. The molecule has 0 saturated heterocycles. The van der Waals surface area contributed by atoms with Crippen molar-refractivity contribution in [1.82, 2.24) is 15.1 Å². The monoisotopic (exact) mass is 236 g/mol. The van der Waals surface area contributed by atoms with Crippen LogP contribution in [0.4, 0.5) is 0 Å². The fourth-order valence-corrected chi connectivity index (χ4v) is 1.66. The van der Waals surface area contributed by atoms with Crippen molar-refractivity contribution in [3.8, 4) is 0 Å². The number of rotatable bonds is 7. The van der Waals surface area contributed by atoms with Crippen molar-refractivity contribution in [3.05, 3.63) is 30.1 Å². The molecule has 1 heterocycles. The standard InChI is InChI=1S/C13H24N4/c1-4-5-6-7-15-13(8-14)12-9-16-17(10-12)11(2)3/h4-5,9-11,13,15H,6-8,14H2,1-3H3/b5-4+. The van der Waals surface area contributed by atoms with Gasteiger partial charge in [-0.15, -0.1) is 0 Å². The molecule has 3 N–H and O–H groups in total. The first-order valence-corrected chi connectivity index (χ1v) is 6.27. The summed E-state index contributed by atoms with van der Waals surface area (Å²) in [4.78, 5) is 0. The molecule has 1 atom stereocenters. The molecule has 96 valence electrons. The minimum Gasteiger partial charge on any atom is -0.329 e. The molecule has 0 bridgehead atoms. The summed E-state index contributed by atoms with van der Waals surface area (Å²) in [7, 11) is 0. The van der Waals surface area contributed by atoms with Gasteiger partial charge in [-0.3, -0.25) is 4.68 Å². The van der Waals surface area contributed by atoms with Gasteiger partial charge in [0.15, 0.2) is 0 Å². The maximum absolute atomic E-state index is 5.79. The highest BCUT2D eigenvalue weighted by molar-refractivity contribution is 5.11. The third-order valence-electron chi connectivity index (χ3n) is 2.73. The maximum Gasteiger partial charge on any atom is 0.0538 e. The van der Waals surface area contributed by atoms with Gasteiger partial charge in [0.1, 0.15) is 0 Å². The number of hydrogen-bond acceptors (Lipinski definition) is 3. The van der Waals surface area contributed by atoms with Crippen LogP contribution in [0.25, 0.3) is 0 Å². The largest absolute Gasteiger partial charge is 0.329 e. The molecule has 1 aromatic heterocycles. The van der Waals surface area contributed by atoms with Crippen LogP contribution < -0.4 is 11.1 Å². The van der Waals surface area contributed by atoms with Crippen molar-refractivity contribution < 1.29 is 0 Å². The maximum atomic E-state index is 5.79. The summed E-state index contributed by atoms with van der Waals surface area (Å²) in [5.74, 6) is 0. The molecule has 0 amide bonds. The number of nitrogens with two attached hydrogens (primary N) is 1. The quantitative estimate of drug-likeness (QED) is 0.562. The lowest BCUT2D eigenvalue weighted by Gasteiger charge is -2.14. The van der Waals surface area contributed by atoms with Crippen LogP contribution in [0.3, 0.4) is 0 Å². The van der Waals surface area contributed by atoms with E-state index in [1.807, 2.05) is 17.8 Å². The highest BCUT2D eigenvalue weighted by atomic mass is 15.3. The SMILES string of the molecule is C/C=C/CCNC(CN)c1cnn(C(C)C)c1. The van der Waals surface area contributed by atoms with E-state index in [0.717, 1.165) is 13.0 Å². The lowest BCUT2D eigenvalue weighted by Crippen LogP contribution is -2.28. The number of hydrogen-bond donors (Lipinski definition) is 2. The van der Waals surface area contributed by atoms with Gasteiger partial charge >= 0.3 is 0 Å². The first-order valence-electron chi connectivity index (χ1n) is 6.27. The van der Waals surface area contributed by atoms with Crippen LogP contribution in [-0.2, 0) is 0 Å². The third kappa shape index (κ3) is 4.32. The summed E-state index contributed by atoms with van der Waals surface area (Å²) >= 11 is 0. The molecule has 4 heteroatoms. The molecule has 1 unspecified atom stereocenters. The molecule has 0 radical (unpaired) electrons. The van der Waals surface area contributed by atoms with Crippen LogP contribution in [0.1, 0.15) is 44.8 Å². The van der Waals surface area contributed by atoms with Gasteiger partial charge in [0.05, 0.1) is 6.20 Å². The van der Waals surface area contributed by atoms with Gasteiger partial charge in [0, 0.05) is 30.4 Å². The molecule has 0 spiro atoms. The molecule has 0 aromatic carbocycles. The third-order valence-corrected chi connectivity index (χ3v) is 2.73. The van der Waals surface area contributed by atoms with Gasteiger partial charge in [0.2, 0.25) is 0 Å². The number of allylic oxidation sites excluding steroid dienone is 1. The lowest BCUT2D eigenvalue weighted by atomic mass is 10.1. The number of aromatic nitrogens is 2. The fraction of sp³-hybridized carbons (Fsp3) is 0.615. The first kappa shape index (κ1) is 13.9. The van der Waals surface area contributed by atoms with Gasteiger partial charge in [-0.2, -0.15) is 5.10 Å². The highest BCUT2D eigenvalue weighted by Gasteiger charge is 2.11. The molecule has 0 saturated carbocycles. The molecule has 0 aliphatic carbocycles. The second-order valence-corrected chi connectivity index (χ2v) is 4.45. The van der Waals surface area contributed by atoms with Gasteiger partial charge in [-0.25, -0.2) is 0 Å². The Hall–Kier alpha value is -1.13. The Balaban J connectivity index is 2.53. The molecular formula is C13H24N4. The molecular weight excluding hydrogens is 212 g/mol. The summed E-state index contributed by atoms with van der Waals surface area (Å²) in [6.45, 7) is 7.81. The smallest absolute Gasteiger partial charge is 0.0538 e. The van der Waals surface area contributed by atoms with Crippen LogP contribution in [0.15, 0.2) is 24.5 Å². The number of nitrogens with zero attached hydrogens (tertiary/aromatic N) is 2. The van der Waals surface area contributed by atoms with Crippen molar-refractivity contribution in [2.24, 2.45) is 5.73 Å². The predicted octanol–water partition coefficient (Wildman–Crippen LogP) is 2.02. The summed E-state index contributed by atoms with van der Waals surface area (Å²) in [6, 6.07) is 0.595. The molecule has 4 nitrogen and oxygen atoms in total. The van der Waals surface area contributed by atoms with Crippen molar-refractivity contribution in [1.29, 1.82) is 0 Å². The van der Waals surface area contributed by atoms with Gasteiger partial charge in [-0.05, 0) is 33.7 Å². The minimum atomic E-state index is 0.202. The lowest BCUT2D eigenvalue weighted by molar-refractivity contribution is 0.525. The predicted molar refractivity (Wildman–Crippen MR) is 71.8 cm³/mol. The van der Waals surface area contributed by atoms with E-state index < -0.39 is 0 Å².